The second kappa shape index (κ2) is 8.55. The lowest BCUT2D eigenvalue weighted by Crippen LogP contribution is -2.29. The number of nitrogens with zero attached hydrogens (tertiary/aromatic N) is 4. The molecule has 5 rings (SSSR count). The molecule has 2 aliphatic rings. The van der Waals surface area contributed by atoms with E-state index in [0.29, 0.717) is 25.2 Å². The molecule has 3 heterocycles. The lowest BCUT2D eigenvalue weighted by molar-refractivity contribution is 0.126. The van der Waals surface area contributed by atoms with Gasteiger partial charge in [-0.2, -0.15) is 4.98 Å². The van der Waals surface area contributed by atoms with Crippen molar-refractivity contribution in [2.75, 3.05) is 23.8 Å². The highest BCUT2D eigenvalue weighted by molar-refractivity contribution is 5.76. The molecule has 0 radical (unpaired) electrons. The summed E-state index contributed by atoms with van der Waals surface area (Å²) in [6.45, 7) is 0.608. The molecule has 3 N–H and O–H groups in total. The van der Waals surface area contributed by atoms with Crippen LogP contribution in [0.2, 0.25) is 0 Å². The molecule has 3 aromatic rings. The Kier molecular flexibility index (Phi) is 4.01. The summed E-state index contributed by atoms with van der Waals surface area (Å²) < 4.78 is 98.1. The zero-order valence-corrected chi connectivity index (χ0v) is 16.6. The van der Waals surface area contributed by atoms with Crippen molar-refractivity contribution in [1.29, 1.82) is 0 Å². The first-order valence-corrected chi connectivity index (χ1v) is 9.84. The molecular weight excluding hydrogens is 425 g/mol. The summed E-state index contributed by atoms with van der Waals surface area (Å²) in [7, 11) is 0. The number of hydrogen-bond acceptors (Lipinski definition) is 7. The number of ether oxygens (including phenoxy) is 1. The van der Waals surface area contributed by atoms with Crippen molar-refractivity contribution in [1.82, 2.24) is 19.5 Å². The average Bonchev–Trinajstić information content (AvgIpc) is 3.46. The topological polar surface area (TPSA) is 97.1 Å². The van der Waals surface area contributed by atoms with Crippen LogP contribution in [0, 0.1) is 17.5 Å². The summed E-state index contributed by atoms with van der Waals surface area (Å²) in [5.41, 5.74) is -0.318. The van der Waals surface area contributed by atoms with Crippen LogP contribution in [-0.4, -0.2) is 49.9 Å². The van der Waals surface area contributed by atoms with E-state index in [1.54, 1.807) is 0 Å². The van der Waals surface area contributed by atoms with E-state index in [1.165, 1.54) is 10.8 Å². The van der Waals surface area contributed by atoms with Crippen LogP contribution < -0.4 is 10.6 Å². The molecule has 8 nitrogen and oxygen atoms in total. The minimum absolute atomic E-state index is 0.0445. The molecule has 2 fully saturated rings. The normalized spacial score (nSPS) is 37.1. The number of nitrogens with one attached hydrogen (secondary N) is 2. The monoisotopic (exact) mass is 454 g/mol. The van der Waals surface area contributed by atoms with Gasteiger partial charge in [0.25, 0.3) is 0 Å². The number of anilines is 3. The largest absolute Gasteiger partial charge is 0.393 e. The first kappa shape index (κ1) is 15.0. The van der Waals surface area contributed by atoms with Crippen LogP contribution in [0.3, 0.4) is 0 Å². The number of aromatic nitrogens is 4. The van der Waals surface area contributed by atoms with Gasteiger partial charge in [0.1, 0.15) is 17.0 Å². The van der Waals surface area contributed by atoms with E-state index < -0.39 is 60.8 Å². The molecule has 5 atom stereocenters. The van der Waals surface area contributed by atoms with Crippen LogP contribution in [0.4, 0.5) is 30.8 Å². The van der Waals surface area contributed by atoms with Crippen LogP contribution in [0.1, 0.15) is 46.3 Å². The molecule has 170 valence electrons. The summed E-state index contributed by atoms with van der Waals surface area (Å²) in [5.74, 6) is -3.77. The van der Waals surface area contributed by atoms with Crippen molar-refractivity contribution in [3.8, 4) is 0 Å². The number of benzene rings is 1. The Hall–Kier alpha value is -2.92. The lowest BCUT2D eigenvalue weighted by Gasteiger charge is -2.26. The number of halogens is 3. The van der Waals surface area contributed by atoms with Gasteiger partial charge in [0, 0.05) is 30.2 Å². The molecule has 1 aromatic carbocycles. The lowest BCUT2D eigenvalue weighted by atomic mass is 9.93. The smallest absolute Gasteiger partial charge is 0.224 e. The predicted octanol–water partition coefficient (Wildman–Crippen LogP) is 3.66. The van der Waals surface area contributed by atoms with Crippen LogP contribution in [0.25, 0.3) is 11.2 Å². The maximum Gasteiger partial charge on any atom is 0.224 e. The molecule has 1 saturated carbocycles. The molecule has 2 aromatic heterocycles. The summed E-state index contributed by atoms with van der Waals surface area (Å²) >= 11 is 0. The predicted molar refractivity (Wildman–Crippen MR) is 111 cm³/mol. The molecule has 1 aliphatic carbocycles. The molecule has 32 heavy (non-hydrogen) atoms. The molecule has 11 heteroatoms. The van der Waals surface area contributed by atoms with Crippen molar-refractivity contribution in [2.45, 2.75) is 50.1 Å². The Bertz CT molecular complexity index is 1370. The number of imidazole rings is 1. The maximum atomic E-state index is 14.4. The van der Waals surface area contributed by atoms with Gasteiger partial charge in [0.05, 0.1) is 27.7 Å². The van der Waals surface area contributed by atoms with E-state index in [4.69, 9.17) is 13.0 Å². The molecule has 1 aliphatic heterocycles. The maximum absolute atomic E-state index is 14.4. The Morgan fingerprint density at radius 3 is 2.75 bits per heavy atom. The van der Waals surface area contributed by atoms with Gasteiger partial charge in [-0.05, 0) is 32.0 Å². The second-order valence-electron chi connectivity index (χ2n) is 7.32. The van der Waals surface area contributed by atoms with Gasteiger partial charge >= 0.3 is 0 Å². The minimum Gasteiger partial charge on any atom is -0.393 e. The van der Waals surface area contributed by atoms with Crippen LogP contribution in [0.5, 0.6) is 0 Å². The summed E-state index contributed by atoms with van der Waals surface area (Å²) in [6, 6.07) is -1.69. The Morgan fingerprint density at radius 2 is 2.00 bits per heavy atom. The standard InChI is InChI=1S/C21H23F3N6O2/c22-11-7-15(23)18(16(24)8-11)28-21-27-17-9-25-20(26-12-1-3-14(31)4-2-12)29-19(17)30(21)13-5-6-32-10-13/h7-9,12-14,31H,1-6,10H2,(H,27,28)(H,25,26,29)/i1D,2D,3D2,12D,14D. The van der Waals surface area contributed by atoms with E-state index in [-0.39, 0.29) is 35.7 Å². The summed E-state index contributed by atoms with van der Waals surface area (Å²) in [4.78, 5) is 12.7. The van der Waals surface area contributed by atoms with Crippen molar-refractivity contribution < 1.29 is 31.2 Å². The minimum atomic E-state index is -2.85. The fourth-order valence-corrected chi connectivity index (χ4v) is 3.59. The third-order valence-corrected chi connectivity index (χ3v) is 5.11. The highest BCUT2D eigenvalue weighted by Gasteiger charge is 2.27. The van der Waals surface area contributed by atoms with E-state index in [1.807, 2.05) is 0 Å². The quantitative estimate of drug-likeness (QED) is 0.541. The molecule has 5 unspecified atom stereocenters. The summed E-state index contributed by atoms with van der Waals surface area (Å²) in [5, 5.41) is 15.2. The van der Waals surface area contributed by atoms with Crippen molar-refractivity contribution in [2.24, 2.45) is 0 Å². The molecule has 0 amide bonds. The third kappa shape index (κ3) is 4.09. The molecular formula is C21H23F3N6O2. The Morgan fingerprint density at radius 1 is 1.19 bits per heavy atom. The number of hydrogen-bond donors (Lipinski definition) is 3. The van der Waals surface area contributed by atoms with E-state index in [0.717, 1.165) is 0 Å². The average molecular weight is 454 g/mol. The van der Waals surface area contributed by atoms with Crippen LogP contribution >= 0.6 is 0 Å². The van der Waals surface area contributed by atoms with Crippen LogP contribution in [0.15, 0.2) is 18.3 Å². The number of aliphatic hydroxyl groups is 1. The molecule has 0 spiro atoms. The van der Waals surface area contributed by atoms with Gasteiger partial charge in [0.2, 0.25) is 11.9 Å². The van der Waals surface area contributed by atoms with E-state index in [2.05, 4.69) is 25.6 Å². The molecule has 1 saturated heterocycles. The molecule has 0 bridgehead atoms. The van der Waals surface area contributed by atoms with Gasteiger partial charge in [-0.25, -0.2) is 23.1 Å². The van der Waals surface area contributed by atoms with Gasteiger partial charge in [0.15, 0.2) is 17.3 Å². The highest BCUT2D eigenvalue weighted by Crippen LogP contribution is 2.32. The number of rotatable bonds is 5. The zero-order chi connectivity index (χ0) is 27.6. The fraction of sp³-hybridized carbons (Fsp3) is 0.476. The van der Waals surface area contributed by atoms with E-state index in [9.17, 15) is 18.3 Å². The first-order valence-electron chi connectivity index (χ1n) is 13.0. The van der Waals surface area contributed by atoms with Crippen LogP contribution in [-0.2, 0) is 4.74 Å². The Balaban J connectivity index is 1.56. The number of fused-ring (bicyclic) bond motifs is 1. The fourth-order valence-electron chi connectivity index (χ4n) is 3.59. The van der Waals surface area contributed by atoms with Gasteiger partial charge < -0.3 is 20.5 Å². The highest BCUT2D eigenvalue weighted by atomic mass is 19.1. The van der Waals surface area contributed by atoms with E-state index >= 15 is 0 Å². The zero-order valence-electron chi connectivity index (χ0n) is 22.6. The first-order chi connectivity index (χ1) is 17.7. The summed E-state index contributed by atoms with van der Waals surface area (Å²) in [6.07, 6.45) is -8.27. The third-order valence-electron chi connectivity index (χ3n) is 5.11. The van der Waals surface area contributed by atoms with Crippen molar-refractivity contribution in [3.63, 3.8) is 0 Å². The second-order valence-corrected chi connectivity index (χ2v) is 7.32. The van der Waals surface area contributed by atoms with Crippen molar-refractivity contribution in [3.05, 3.63) is 35.8 Å². The SMILES string of the molecule is [2H]C1CC([2H])(O)C([2H])([2H])C([2H])C1([2H])Nc1ncc2nc(Nc3c(F)cc(F)cc3F)n(C3CCOC3)c2n1. The van der Waals surface area contributed by atoms with Gasteiger partial charge in [-0.15, -0.1) is 0 Å². The van der Waals surface area contributed by atoms with Crippen molar-refractivity contribution >= 4 is 28.7 Å². The Labute approximate surface area is 190 Å². The van der Waals surface area contributed by atoms with Gasteiger partial charge in [-0.3, -0.25) is 4.57 Å². The van der Waals surface area contributed by atoms with Gasteiger partial charge in [-0.1, -0.05) is 0 Å².